The average molecular weight is 264 g/mol. The quantitative estimate of drug-likeness (QED) is 0.733. The Morgan fingerprint density at radius 1 is 1.20 bits per heavy atom. The molecule has 0 unspecified atom stereocenters. The monoisotopic (exact) mass is 264 g/mol. The molecule has 4 nitrogen and oxygen atoms in total. The summed E-state index contributed by atoms with van der Waals surface area (Å²) in [6.45, 7) is 2.03. The number of pyridine rings is 1. The van der Waals surface area contributed by atoms with Crippen LogP contribution in [0.25, 0.3) is 22.4 Å². The van der Waals surface area contributed by atoms with Gasteiger partial charge in [-0.3, -0.25) is 4.98 Å². The predicted molar refractivity (Wildman–Crippen MR) is 79.4 cm³/mol. The minimum Gasteiger partial charge on any atom is -0.327 e. The number of hydrogen-bond donors (Lipinski definition) is 1. The second-order valence-corrected chi connectivity index (χ2v) is 5.27. The van der Waals surface area contributed by atoms with E-state index >= 15 is 0 Å². The highest BCUT2D eigenvalue weighted by atomic mass is 15.1. The molecule has 0 spiro atoms. The number of nitrogens with zero attached hydrogens (tertiary/aromatic N) is 3. The van der Waals surface area contributed by atoms with Crippen molar-refractivity contribution in [3.05, 3.63) is 47.8 Å². The van der Waals surface area contributed by atoms with Gasteiger partial charge in [0.2, 0.25) is 0 Å². The van der Waals surface area contributed by atoms with Gasteiger partial charge in [0.15, 0.2) is 0 Å². The lowest BCUT2D eigenvalue weighted by Crippen LogP contribution is -2.23. The van der Waals surface area contributed by atoms with E-state index in [2.05, 4.69) is 40.1 Å². The third-order valence-corrected chi connectivity index (χ3v) is 4.03. The first kappa shape index (κ1) is 11.6. The highest BCUT2D eigenvalue weighted by molar-refractivity contribution is 5.79. The van der Waals surface area contributed by atoms with Gasteiger partial charge in [-0.25, -0.2) is 4.98 Å². The van der Waals surface area contributed by atoms with Crippen molar-refractivity contribution in [3.63, 3.8) is 0 Å². The van der Waals surface area contributed by atoms with E-state index in [1.54, 1.807) is 0 Å². The molecular weight excluding hydrogens is 248 g/mol. The van der Waals surface area contributed by atoms with Crippen LogP contribution in [0.4, 0.5) is 0 Å². The normalized spacial score (nSPS) is 14.4. The number of fused-ring (bicyclic) bond motifs is 2. The van der Waals surface area contributed by atoms with Gasteiger partial charge in [0.1, 0.15) is 11.3 Å². The SMILES string of the molecule is Cn1c(-c2ccc3c(c2)CNCC3)nc2cnccc21. The summed E-state index contributed by atoms with van der Waals surface area (Å²) in [5.41, 5.74) is 6.07. The van der Waals surface area contributed by atoms with Gasteiger partial charge in [0, 0.05) is 25.4 Å². The van der Waals surface area contributed by atoms with Crippen molar-refractivity contribution in [2.45, 2.75) is 13.0 Å². The summed E-state index contributed by atoms with van der Waals surface area (Å²) in [5, 5.41) is 3.42. The molecule has 0 bridgehead atoms. The maximum Gasteiger partial charge on any atom is 0.140 e. The first-order valence-electron chi connectivity index (χ1n) is 6.92. The molecule has 0 atom stereocenters. The van der Waals surface area contributed by atoms with Crippen molar-refractivity contribution in [3.8, 4) is 11.4 Å². The van der Waals surface area contributed by atoms with Gasteiger partial charge in [0.05, 0.1) is 11.7 Å². The van der Waals surface area contributed by atoms with E-state index in [-0.39, 0.29) is 0 Å². The van der Waals surface area contributed by atoms with Crippen molar-refractivity contribution in [1.82, 2.24) is 19.9 Å². The number of benzene rings is 1. The average Bonchev–Trinajstić information content (AvgIpc) is 2.84. The van der Waals surface area contributed by atoms with Gasteiger partial charge in [-0.15, -0.1) is 0 Å². The fourth-order valence-corrected chi connectivity index (χ4v) is 2.93. The van der Waals surface area contributed by atoms with E-state index in [1.165, 1.54) is 16.7 Å². The van der Waals surface area contributed by atoms with Crippen LogP contribution in [0.1, 0.15) is 11.1 Å². The molecule has 0 aliphatic carbocycles. The molecule has 0 fully saturated rings. The summed E-state index contributed by atoms with van der Waals surface area (Å²) >= 11 is 0. The van der Waals surface area contributed by atoms with Crippen LogP contribution in [0, 0.1) is 0 Å². The Morgan fingerprint density at radius 3 is 3.05 bits per heavy atom. The Balaban J connectivity index is 1.88. The Hall–Kier alpha value is -2.20. The zero-order valence-electron chi connectivity index (χ0n) is 11.4. The van der Waals surface area contributed by atoms with Crippen molar-refractivity contribution < 1.29 is 0 Å². The highest BCUT2D eigenvalue weighted by Crippen LogP contribution is 2.26. The fraction of sp³-hybridized carbons (Fsp3) is 0.250. The molecule has 0 radical (unpaired) electrons. The topological polar surface area (TPSA) is 42.7 Å². The zero-order valence-corrected chi connectivity index (χ0v) is 11.4. The number of rotatable bonds is 1. The Bertz CT molecular complexity index is 788. The van der Waals surface area contributed by atoms with Crippen LogP contribution < -0.4 is 5.32 Å². The molecule has 20 heavy (non-hydrogen) atoms. The number of aryl methyl sites for hydroxylation is 1. The van der Waals surface area contributed by atoms with E-state index in [9.17, 15) is 0 Å². The smallest absolute Gasteiger partial charge is 0.140 e. The minimum absolute atomic E-state index is 0.945. The molecule has 3 aromatic rings. The summed E-state index contributed by atoms with van der Waals surface area (Å²) in [6, 6.07) is 8.68. The van der Waals surface area contributed by atoms with Crippen molar-refractivity contribution in [2.24, 2.45) is 7.05 Å². The van der Waals surface area contributed by atoms with Crippen LogP contribution in [-0.4, -0.2) is 21.1 Å². The standard InChI is InChI=1S/C16H16N4/c1-20-15-5-7-18-10-14(15)19-16(20)12-3-2-11-4-6-17-9-13(11)8-12/h2-3,5,7-8,10,17H,4,6,9H2,1H3. The Morgan fingerprint density at radius 2 is 2.15 bits per heavy atom. The molecule has 4 heteroatoms. The lowest BCUT2D eigenvalue weighted by molar-refractivity contribution is 0.644. The summed E-state index contributed by atoms with van der Waals surface area (Å²) in [5.74, 6) is 1.00. The second-order valence-electron chi connectivity index (χ2n) is 5.27. The van der Waals surface area contributed by atoms with Crippen LogP contribution in [0.2, 0.25) is 0 Å². The maximum atomic E-state index is 4.71. The number of hydrogen-bond acceptors (Lipinski definition) is 3. The van der Waals surface area contributed by atoms with Gasteiger partial charge in [-0.1, -0.05) is 12.1 Å². The molecule has 1 N–H and O–H groups in total. The van der Waals surface area contributed by atoms with Crippen molar-refractivity contribution in [2.75, 3.05) is 6.54 Å². The number of nitrogens with one attached hydrogen (secondary N) is 1. The van der Waals surface area contributed by atoms with Crippen LogP contribution in [0.15, 0.2) is 36.7 Å². The third-order valence-electron chi connectivity index (χ3n) is 4.03. The van der Waals surface area contributed by atoms with E-state index in [4.69, 9.17) is 4.98 Å². The van der Waals surface area contributed by atoms with Gasteiger partial charge in [-0.2, -0.15) is 0 Å². The largest absolute Gasteiger partial charge is 0.327 e. The fourth-order valence-electron chi connectivity index (χ4n) is 2.93. The molecule has 0 saturated carbocycles. The lowest BCUT2D eigenvalue weighted by atomic mass is 9.98. The van der Waals surface area contributed by atoms with E-state index < -0.39 is 0 Å². The summed E-state index contributed by atoms with van der Waals surface area (Å²) in [6.07, 6.45) is 4.74. The van der Waals surface area contributed by atoms with E-state index in [1.807, 2.05) is 18.5 Å². The van der Waals surface area contributed by atoms with Crippen LogP contribution >= 0.6 is 0 Å². The molecule has 0 saturated heterocycles. The maximum absolute atomic E-state index is 4.71. The van der Waals surface area contributed by atoms with Crippen LogP contribution in [0.5, 0.6) is 0 Å². The van der Waals surface area contributed by atoms with Gasteiger partial charge < -0.3 is 9.88 Å². The Labute approximate surface area is 117 Å². The first-order chi connectivity index (χ1) is 9.83. The van der Waals surface area contributed by atoms with Crippen molar-refractivity contribution >= 4 is 11.0 Å². The molecule has 100 valence electrons. The molecule has 0 amide bonds. The van der Waals surface area contributed by atoms with Gasteiger partial charge in [0.25, 0.3) is 0 Å². The summed E-state index contributed by atoms with van der Waals surface area (Å²) < 4.78 is 2.13. The highest BCUT2D eigenvalue weighted by Gasteiger charge is 2.13. The van der Waals surface area contributed by atoms with Gasteiger partial charge >= 0.3 is 0 Å². The van der Waals surface area contributed by atoms with Crippen molar-refractivity contribution in [1.29, 1.82) is 0 Å². The molecule has 4 rings (SSSR count). The van der Waals surface area contributed by atoms with Gasteiger partial charge in [-0.05, 0) is 36.2 Å². The Kier molecular flexibility index (Phi) is 2.57. The number of aromatic nitrogens is 3. The molecule has 2 aromatic heterocycles. The molecule has 1 aliphatic heterocycles. The predicted octanol–water partition coefficient (Wildman–Crippen LogP) is 2.28. The minimum atomic E-state index is 0.945. The lowest BCUT2D eigenvalue weighted by Gasteiger charge is -2.17. The van der Waals surface area contributed by atoms with E-state index in [0.29, 0.717) is 0 Å². The van der Waals surface area contributed by atoms with Crippen LogP contribution in [-0.2, 0) is 20.0 Å². The molecule has 1 aliphatic rings. The molecule has 1 aromatic carbocycles. The number of imidazole rings is 1. The summed E-state index contributed by atoms with van der Waals surface area (Å²) in [7, 11) is 2.06. The first-order valence-corrected chi connectivity index (χ1v) is 6.92. The second kappa shape index (κ2) is 4.42. The molecular formula is C16H16N4. The van der Waals surface area contributed by atoms with Crippen LogP contribution in [0.3, 0.4) is 0 Å². The molecule has 3 heterocycles. The third kappa shape index (κ3) is 1.72. The van der Waals surface area contributed by atoms with E-state index in [0.717, 1.165) is 36.4 Å². The zero-order chi connectivity index (χ0) is 13.5. The summed E-state index contributed by atoms with van der Waals surface area (Å²) in [4.78, 5) is 8.86.